The predicted molar refractivity (Wildman–Crippen MR) is 41.6 cm³/mol. The van der Waals surface area contributed by atoms with Gasteiger partial charge in [-0.2, -0.15) is 0 Å². The van der Waals surface area contributed by atoms with Crippen molar-refractivity contribution in [2.45, 2.75) is 4.55 Å². The molecule has 0 fully saturated rings. The number of rotatable bonds is 2. The van der Waals surface area contributed by atoms with Gasteiger partial charge in [0.2, 0.25) is 0 Å². The molecule has 0 radical (unpaired) electrons. The Hall–Kier alpha value is 0.0662. The zero-order valence-corrected chi connectivity index (χ0v) is 8.25. The summed E-state index contributed by atoms with van der Waals surface area (Å²) in [4.78, 5) is 0. The Balaban J connectivity index is 3.04. The molecule has 0 amide bonds. The Morgan fingerprint density at radius 2 is 1.67 bits per heavy atom. The van der Waals surface area contributed by atoms with Gasteiger partial charge in [0.15, 0.2) is 17.5 Å². The average molecular weight is 205 g/mol. The molecule has 0 atom stereocenters. The summed E-state index contributed by atoms with van der Waals surface area (Å²) in [7, 11) is 5.48. The van der Waals surface area contributed by atoms with E-state index in [2.05, 4.69) is 0 Å². The second kappa shape index (κ2) is 4.34. The van der Waals surface area contributed by atoms with E-state index >= 15 is 0 Å². The molecule has 0 saturated heterocycles. The van der Waals surface area contributed by atoms with Crippen LogP contribution in [0.25, 0.3) is 0 Å². The second-order valence-corrected chi connectivity index (χ2v) is 4.32. The van der Waals surface area contributed by atoms with Gasteiger partial charge in [-0.05, 0) is 12.1 Å². The van der Waals surface area contributed by atoms with Crippen LogP contribution in [-0.2, 0) is 4.55 Å². The molecule has 0 heterocycles. The molecule has 0 unspecified atom stereocenters. The number of halogens is 4. The van der Waals surface area contributed by atoms with Crippen LogP contribution in [0.4, 0.5) is 13.2 Å². The molecule has 1 aromatic rings. The van der Waals surface area contributed by atoms with Gasteiger partial charge < -0.3 is 9.07 Å². The fourth-order valence-corrected chi connectivity index (χ4v) is 2.02. The van der Waals surface area contributed by atoms with Crippen LogP contribution in [0.1, 0.15) is 5.56 Å². The van der Waals surface area contributed by atoms with Gasteiger partial charge in [0.05, 0.1) is 0 Å². The highest BCUT2D eigenvalue weighted by atomic mass is 35.5. The first kappa shape index (κ1) is 10.1. The Kier molecular flexibility index (Phi) is 3.67. The molecule has 0 nitrogen and oxygen atoms in total. The molecule has 0 N–H and O–H groups in total. The highest BCUT2D eigenvalue weighted by Crippen LogP contribution is 2.13. The fraction of sp³-hybridized carbons (Fsp3) is 0.143. The van der Waals surface area contributed by atoms with E-state index in [0.29, 0.717) is 10.1 Å². The maximum Gasteiger partial charge on any atom is 0.505 e. The minimum absolute atomic E-state index is 0.424. The van der Waals surface area contributed by atoms with Gasteiger partial charge in [-0.15, -0.1) is 0 Å². The van der Waals surface area contributed by atoms with Gasteiger partial charge in [-0.1, -0.05) is 10.1 Å². The van der Waals surface area contributed by atoms with Crippen molar-refractivity contribution in [1.29, 1.82) is 0 Å². The minimum atomic E-state index is -1.42. The van der Waals surface area contributed by atoms with Crippen LogP contribution in [-0.4, -0.2) is 19.3 Å². The monoisotopic (exact) mass is 204 g/mol. The fourth-order valence-electron chi connectivity index (χ4n) is 0.861. The van der Waals surface area contributed by atoms with Crippen LogP contribution in [0.15, 0.2) is 12.1 Å². The molecule has 0 bridgehead atoms. The van der Waals surface area contributed by atoms with Gasteiger partial charge in [0, 0.05) is 0 Å². The lowest BCUT2D eigenvalue weighted by Crippen LogP contribution is -1.96. The number of hydrogen-bond acceptors (Lipinski definition) is 0. The quantitative estimate of drug-likeness (QED) is 0.513. The lowest BCUT2D eigenvalue weighted by molar-refractivity contribution is 0.446. The second-order valence-electron chi connectivity index (χ2n) is 2.31. The molecule has 0 aliphatic heterocycles. The van der Waals surface area contributed by atoms with Gasteiger partial charge in [0.25, 0.3) is 0 Å². The van der Waals surface area contributed by atoms with E-state index in [9.17, 15) is 13.2 Å². The van der Waals surface area contributed by atoms with Crippen LogP contribution < -0.4 is 0 Å². The first-order valence-corrected chi connectivity index (χ1v) is 6.48. The smallest absolute Gasteiger partial charge is 0.345 e. The lowest BCUT2D eigenvalue weighted by Gasteiger charge is -1.99. The predicted octanol–water partition coefficient (Wildman–Crippen LogP) is 2.46. The van der Waals surface area contributed by atoms with E-state index in [4.69, 9.17) is 9.07 Å². The number of hydrogen-bond donors (Lipinski definition) is 0. The Morgan fingerprint density at radius 1 is 1.17 bits per heavy atom. The molecule has 62 valence electrons. The summed E-state index contributed by atoms with van der Waals surface area (Å²) in [6.45, 7) is 0. The summed E-state index contributed by atoms with van der Waals surface area (Å²) >= 11 is -0.812. The minimum Gasteiger partial charge on any atom is -0.345 e. The van der Waals surface area contributed by atoms with E-state index in [1.54, 1.807) is 0 Å². The van der Waals surface area contributed by atoms with Crippen LogP contribution in [0, 0.1) is 17.5 Å². The summed E-state index contributed by atoms with van der Waals surface area (Å²) in [6.07, 6.45) is 0. The van der Waals surface area contributed by atoms with Crippen molar-refractivity contribution < 1.29 is 13.2 Å². The van der Waals surface area contributed by atoms with E-state index in [1.807, 2.05) is 0 Å². The average Bonchev–Trinajstić information content (AvgIpc) is 2.01. The molecular weight excluding hydrogens is 201 g/mol. The van der Waals surface area contributed by atoms with E-state index in [-0.39, 0.29) is 0 Å². The standard InChI is InChI=1S/C7H4F3.ClH.Mg/c1-4-2-5(8)7(10)6(9)3-4;;/h2-3H,1H2;1H;/q;;+1/p-1. The molecule has 0 saturated carbocycles. The summed E-state index contributed by atoms with van der Waals surface area (Å²) in [5, 5.41) is 0. The molecule has 0 aliphatic rings. The highest BCUT2D eigenvalue weighted by Gasteiger charge is 2.10. The van der Waals surface area contributed by atoms with Crippen molar-refractivity contribution in [2.75, 3.05) is 0 Å². The molecule has 0 aromatic heterocycles. The first-order valence-electron chi connectivity index (χ1n) is 3.34. The van der Waals surface area contributed by atoms with Crippen molar-refractivity contribution in [2.24, 2.45) is 0 Å². The van der Waals surface area contributed by atoms with Crippen molar-refractivity contribution in [3.63, 3.8) is 0 Å². The molecule has 1 rings (SSSR count). The third-order valence-electron chi connectivity index (χ3n) is 1.43. The number of benzene rings is 1. The topological polar surface area (TPSA) is 0 Å². The summed E-state index contributed by atoms with van der Waals surface area (Å²) in [5.41, 5.74) is 0.424. The molecule has 0 aliphatic carbocycles. The molecule has 5 heteroatoms. The molecule has 0 spiro atoms. The third kappa shape index (κ3) is 2.28. The van der Waals surface area contributed by atoms with Crippen molar-refractivity contribution >= 4 is 28.3 Å². The Morgan fingerprint density at radius 3 is 2.08 bits per heavy atom. The SMILES string of the molecule is Fc1cc([CH2][Mg][Cl])cc(F)c1F. The normalized spacial score (nSPS) is 9.67. The van der Waals surface area contributed by atoms with Crippen molar-refractivity contribution in [1.82, 2.24) is 0 Å². The highest BCUT2D eigenvalue weighted by molar-refractivity contribution is 6.93. The molecule has 1 aromatic carbocycles. The van der Waals surface area contributed by atoms with Crippen LogP contribution in [0.3, 0.4) is 0 Å². The van der Waals surface area contributed by atoms with Crippen LogP contribution >= 0.6 is 9.07 Å². The van der Waals surface area contributed by atoms with Crippen molar-refractivity contribution in [3.8, 4) is 0 Å². The van der Waals surface area contributed by atoms with E-state index in [1.165, 1.54) is 0 Å². The lowest BCUT2D eigenvalue weighted by atomic mass is 10.2. The van der Waals surface area contributed by atoms with E-state index in [0.717, 1.165) is 12.1 Å². The van der Waals surface area contributed by atoms with Gasteiger partial charge >= 0.3 is 19.3 Å². The maximum atomic E-state index is 12.5. The summed E-state index contributed by atoms with van der Waals surface area (Å²) in [5.74, 6) is -3.72. The van der Waals surface area contributed by atoms with Crippen molar-refractivity contribution in [3.05, 3.63) is 35.1 Å². The van der Waals surface area contributed by atoms with Gasteiger partial charge in [-0.3, -0.25) is 0 Å². The molecular formula is C7H4ClF3Mg. The van der Waals surface area contributed by atoms with Crippen LogP contribution in [0.5, 0.6) is 0 Å². The first-order chi connectivity index (χ1) is 5.65. The largest absolute Gasteiger partial charge is 0.505 e. The zero-order valence-electron chi connectivity index (χ0n) is 6.08. The van der Waals surface area contributed by atoms with Gasteiger partial charge in [-0.25, -0.2) is 13.2 Å². The maximum absolute atomic E-state index is 12.5. The third-order valence-corrected chi connectivity index (χ3v) is 2.76. The Labute approximate surface area is 81.2 Å². The molecule has 12 heavy (non-hydrogen) atoms. The van der Waals surface area contributed by atoms with Gasteiger partial charge in [0.1, 0.15) is 0 Å². The van der Waals surface area contributed by atoms with Crippen LogP contribution in [0.2, 0.25) is 0 Å². The zero-order chi connectivity index (χ0) is 9.14. The Bertz CT molecular complexity index is 267. The van der Waals surface area contributed by atoms with E-state index < -0.39 is 36.7 Å². The summed E-state index contributed by atoms with van der Waals surface area (Å²) in [6, 6.07) is 1.96. The summed E-state index contributed by atoms with van der Waals surface area (Å²) < 4.78 is 37.9.